The Balaban J connectivity index is 2.73. The fraction of sp³-hybridized carbons (Fsp3) is 0.933. The normalized spacial score (nSPS) is 25.0. The molecule has 0 aromatic heterocycles. The summed E-state index contributed by atoms with van der Waals surface area (Å²) in [7, 11) is 3.31. The minimum atomic E-state index is -0.0475. The van der Waals surface area contributed by atoms with E-state index in [0.29, 0.717) is 19.8 Å². The van der Waals surface area contributed by atoms with Crippen LogP contribution in [-0.4, -0.2) is 56.9 Å². The van der Waals surface area contributed by atoms with E-state index in [9.17, 15) is 4.79 Å². The summed E-state index contributed by atoms with van der Waals surface area (Å²) in [5.74, 6) is 0.120. The van der Waals surface area contributed by atoms with Crippen LogP contribution in [0.3, 0.4) is 0 Å². The number of carbonyl (C=O) groups excluding carboxylic acids is 1. The maximum Gasteiger partial charge on any atom is 0.227 e. The van der Waals surface area contributed by atoms with Crippen LogP contribution in [0.25, 0.3) is 0 Å². The summed E-state index contributed by atoms with van der Waals surface area (Å²) in [4.78, 5) is 14.7. The summed E-state index contributed by atoms with van der Waals surface area (Å²) >= 11 is 0. The van der Waals surface area contributed by atoms with Crippen molar-refractivity contribution in [2.45, 2.75) is 51.1 Å². The zero-order valence-electron chi connectivity index (χ0n) is 13.1. The second-order valence-electron chi connectivity index (χ2n) is 5.74. The first-order chi connectivity index (χ1) is 9.61. The van der Waals surface area contributed by atoms with Crippen molar-refractivity contribution in [2.24, 2.45) is 11.7 Å². The molecular weight excluding hydrogens is 256 g/mol. The van der Waals surface area contributed by atoms with E-state index in [-0.39, 0.29) is 23.9 Å². The molecule has 0 saturated heterocycles. The van der Waals surface area contributed by atoms with E-state index >= 15 is 0 Å². The van der Waals surface area contributed by atoms with Gasteiger partial charge >= 0.3 is 0 Å². The number of nitrogens with zero attached hydrogens (tertiary/aromatic N) is 1. The van der Waals surface area contributed by atoms with Gasteiger partial charge in [0.15, 0.2) is 0 Å². The molecule has 5 nitrogen and oxygen atoms in total. The number of amides is 1. The van der Waals surface area contributed by atoms with Gasteiger partial charge in [-0.3, -0.25) is 4.79 Å². The van der Waals surface area contributed by atoms with Crippen molar-refractivity contribution in [3.8, 4) is 0 Å². The number of carbonyl (C=O) groups is 1. The maximum atomic E-state index is 12.8. The van der Waals surface area contributed by atoms with Crippen LogP contribution in [0.15, 0.2) is 0 Å². The summed E-state index contributed by atoms with van der Waals surface area (Å²) in [6.45, 7) is 3.70. The number of nitrogens with two attached hydrogens (primary N) is 1. The quantitative estimate of drug-likeness (QED) is 0.719. The van der Waals surface area contributed by atoms with E-state index in [1.165, 1.54) is 6.42 Å². The Morgan fingerprint density at radius 2 is 1.95 bits per heavy atom. The van der Waals surface area contributed by atoms with Crippen molar-refractivity contribution in [1.29, 1.82) is 0 Å². The summed E-state index contributed by atoms with van der Waals surface area (Å²) in [5.41, 5.74) is 6.21. The SMILES string of the molecule is COCCN(C(=O)C1CCCCCC1N)C(C)COC. The van der Waals surface area contributed by atoms with Crippen molar-refractivity contribution in [2.75, 3.05) is 34.0 Å². The molecule has 0 aromatic carbocycles. The monoisotopic (exact) mass is 286 g/mol. The van der Waals surface area contributed by atoms with Gasteiger partial charge in [0.05, 0.1) is 25.2 Å². The Hall–Kier alpha value is -0.650. The highest BCUT2D eigenvalue weighted by atomic mass is 16.5. The maximum absolute atomic E-state index is 12.8. The molecule has 3 unspecified atom stereocenters. The largest absolute Gasteiger partial charge is 0.383 e. The molecule has 1 saturated carbocycles. The van der Waals surface area contributed by atoms with Crippen molar-refractivity contribution >= 4 is 5.91 Å². The first-order valence-corrected chi connectivity index (χ1v) is 7.65. The van der Waals surface area contributed by atoms with Gasteiger partial charge in [-0.2, -0.15) is 0 Å². The molecule has 1 rings (SSSR count). The van der Waals surface area contributed by atoms with E-state index < -0.39 is 0 Å². The lowest BCUT2D eigenvalue weighted by atomic mass is 9.93. The average Bonchev–Trinajstić information content (AvgIpc) is 2.64. The molecule has 0 radical (unpaired) electrons. The number of hydrogen-bond acceptors (Lipinski definition) is 4. The molecule has 20 heavy (non-hydrogen) atoms. The van der Waals surface area contributed by atoms with E-state index in [1.54, 1.807) is 14.2 Å². The third-order valence-corrected chi connectivity index (χ3v) is 4.15. The minimum absolute atomic E-state index is 0.00945. The zero-order valence-corrected chi connectivity index (χ0v) is 13.1. The molecule has 0 aliphatic heterocycles. The average molecular weight is 286 g/mol. The van der Waals surface area contributed by atoms with Crippen LogP contribution in [0.2, 0.25) is 0 Å². The topological polar surface area (TPSA) is 64.8 Å². The molecule has 3 atom stereocenters. The molecule has 2 N–H and O–H groups in total. The summed E-state index contributed by atoms with van der Waals surface area (Å²) in [5, 5.41) is 0. The smallest absolute Gasteiger partial charge is 0.227 e. The molecule has 1 amide bonds. The Morgan fingerprint density at radius 1 is 1.25 bits per heavy atom. The van der Waals surface area contributed by atoms with Crippen molar-refractivity contribution in [3.63, 3.8) is 0 Å². The minimum Gasteiger partial charge on any atom is -0.383 e. The predicted molar refractivity (Wildman–Crippen MR) is 79.5 cm³/mol. The molecule has 0 spiro atoms. The Bertz CT molecular complexity index is 286. The molecule has 5 heteroatoms. The van der Waals surface area contributed by atoms with Gasteiger partial charge in [-0.05, 0) is 19.8 Å². The summed E-state index contributed by atoms with van der Waals surface area (Å²) in [6.07, 6.45) is 5.27. The van der Waals surface area contributed by atoms with E-state index in [2.05, 4.69) is 0 Å². The third-order valence-electron chi connectivity index (χ3n) is 4.15. The lowest BCUT2D eigenvalue weighted by Crippen LogP contribution is -2.49. The molecule has 0 bridgehead atoms. The highest BCUT2D eigenvalue weighted by Crippen LogP contribution is 2.24. The molecular formula is C15H30N2O3. The summed E-state index contributed by atoms with van der Waals surface area (Å²) < 4.78 is 10.3. The van der Waals surface area contributed by atoms with Crippen molar-refractivity contribution < 1.29 is 14.3 Å². The van der Waals surface area contributed by atoms with E-state index in [1.807, 2.05) is 11.8 Å². The lowest BCUT2D eigenvalue weighted by Gasteiger charge is -2.33. The van der Waals surface area contributed by atoms with Crippen LogP contribution in [0.4, 0.5) is 0 Å². The highest BCUT2D eigenvalue weighted by Gasteiger charge is 2.32. The fourth-order valence-electron chi connectivity index (χ4n) is 2.92. The van der Waals surface area contributed by atoms with Crippen LogP contribution in [0.1, 0.15) is 39.0 Å². The van der Waals surface area contributed by atoms with E-state index in [4.69, 9.17) is 15.2 Å². The summed E-state index contributed by atoms with van der Waals surface area (Å²) in [6, 6.07) is 0.0443. The van der Waals surface area contributed by atoms with Gasteiger partial charge in [0.2, 0.25) is 5.91 Å². The number of rotatable bonds is 7. The van der Waals surface area contributed by atoms with E-state index in [0.717, 1.165) is 25.7 Å². The second kappa shape index (κ2) is 9.32. The van der Waals surface area contributed by atoms with Gasteiger partial charge in [-0.25, -0.2) is 0 Å². The fourth-order valence-corrected chi connectivity index (χ4v) is 2.92. The first kappa shape index (κ1) is 17.4. The predicted octanol–water partition coefficient (Wildman–Crippen LogP) is 1.40. The molecule has 1 aliphatic carbocycles. The van der Waals surface area contributed by atoms with Crippen molar-refractivity contribution in [1.82, 2.24) is 4.90 Å². The van der Waals surface area contributed by atoms with Gasteiger partial charge < -0.3 is 20.1 Å². The molecule has 1 aliphatic rings. The first-order valence-electron chi connectivity index (χ1n) is 7.65. The molecule has 0 heterocycles. The second-order valence-corrected chi connectivity index (χ2v) is 5.74. The van der Waals surface area contributed by atoms with Gasteiger partial charge in [-0.15, -0.1) is 0 Å². The van der Waals surface area contributed by atoms with Gasteiger partial charge in [0.25, 0.3) is 0 Å². The van der Waals surface area contributed by atoms with Crippen LogP contribution >= 0.6 is 0 Å². The zero-order chi connectivity index (χ0) is 15.0. The van der Waals surface area contributed by atoms with Gasteiger partial charge in [0.1, 0.15) is 0 Å². The molecule has 118 valence electrons. The molecule has 1 fully saturated rings. The van der Waals surface area contributed by atoms with Gasteiger partial charge in [0, 0.05) is 26.8 Å². The van der Waals surface area contributed by atoms with Crippen LogP contribution in [0, 0.1) is 5.92 Å². The lowest BCUT2D eigenvalue weighted by molar-refractivity contribution is -0.140. The van der Waals surface area contributed by atoms with Gasteiger partial charge in [-0.1, -0.05) is 19.3 Å². The highest BCUT2D eigenvalue weighted by molar-refractivity contribution is 5.80. The van der Waals surface area contributed by atoms with Crippen LogP contribution in [-0.2, 0) is 14.3 Å². The Kier molecular flexibility index (Phi) is 8.11. The van der Waals surface area contributed by atoms with Crippen molar-refractivity contribution in [3.05, 3.63) is 0 Å². The Labute approximate surface area is 122 Å². The van der Waals surface area contributed by atoms with Crippen LogP contribution < -0.4 is 5.73 Å². The number of hydrogen-bond donors (Lipinski definition) is 1. The van der Waals surface area contributed by atoms with Crippen LogP contribution in [0.5, 0.6) is 0 Å². The standard InChI is InChI=1S/C15H30N2O3/c1-12(11-20-3)17(9-10-19-2)15(18)13-7-5-4-6-8-14(13)16/h12-14H,4-11,16H2,1-3H3. The number of ether oxygens (including phenoxy) is 2. The Morgan fingerprint density at radius 3 is 2.60 bits per heavy atom. The molecule has 0 aromatic rings. The number of methoxy groups -OCH3 is 2. The third kappa shape index (κ3) is 5.04.